The summed E-state index contributed by atoms with van der Waals surface area (Å²) >= 11 is 0. The van der Waals surface area contributed by atoms with Crippen molar-refractivity contribution in [1.82, 2.24) is 9.97 Å². The van der Waals surface area contributed by atoms with Gasteiger partial charge < -0.3 is 14.8 Å². The van der Waals surface area contributed by atoms with E-state index in [1.54, 1.807) is 0 Å². The molecule has 1 aromatic rings. The summed E-state index contributed by atoms with van der Waals surface area (Å²) in [5, 5.41) is 8.76. The van der Waals surface area contributed by atoms with Crippen LogP contribution >= 0.6 is 0 Å². The highest BCUT2D eigenvalue weighted by Gasteiger charge is 2.15. The lowest BCUT2D eigenvalue weighted by molar-refractivity contribution is 0.0525. The van der Waals surface area contributed by atoms with E-state index in [0.717, 1.165) is 6.07 Å². The molecular weight excluding hydrogens is 212 g/mol. The Morgan fingerprint density at radius 2 is 2.31 bits per heavy atom. The molecule has 0 radical (unpaired) electrons. The van der Waals surface area contributed by atoms with Crippen molar-refractivity contribution in [2.75, 3.05) is 6.61 Å². The molecule has 6 heteroatoms. The number of carbonyl (C=O) groups is 1. The molecule has 0 amide bonds. The molecule has 0 saturated heterocycles. The van der Waals surface area contributed by atoms with Gasteiger partial charge in [0.25, 0.3) is 5.56 Å². The Morgan fingerprint density at radius 1 is 1.62 bits per heavy atom. The van der Waals surface area contributed by atoms with Gasteiger partial charge in [-0.2, -0.15) is 0 Å². The number of H-pyrrole nitrogens is 1. The number of carboxylic acid groups (broad SMARTS) is 1. The molecule has 1 unspecified atom stereocenters. The number of ether oxygens (including phenoxy) is 1. The highest BCUT2D eigenvalue weighted by molar-refractivity contribution is 5.85. The number of nitrogens with one attached hydrogen (secondary N) is 1. The van der Waals surface area contributed by atoms with Crippen molar-refractivity contribution in [1.29, 1.82) is 0 Å². The molecule has 0 aromatic carbocycles. The topological polar surface area (TPSA) is 92.3 Å². The Labute approximate surface area is 92.3 Å². The summed E-state index contributed by atoms with van der Waals surface area (Å²) in [5.74, 6) is -0.965. The highest BCUT2D eigenvalue weighted by Crippen LogP contribution is 2.15. The standard InChI is InChI=1S/C10H14N2O4/c1-3-7(16-4-2)9-11-6(10(14)15)5-8(13)12-9/h5,7H,3-4H2,1-2H3,(H,14,15)(H,11,12,13). The first-order chi connectivity index (χ1) is 7.58. The zero-order valence-electron chi connectivity index (χ0n) is 9.19. The van der Waals surface area contributed by atoms with Crippen molar-refractivity contribution in [3.05, 3.63) is 27.9 Å². The molecule has 0 spiro atoms. The Kier molecular flexibility index (Phi) is 4.19. The van der Waals surface area contributed by atoms with Crippen molar-refractivity contribution >= 4 is 5.97 Å². The van der Waals surface area contributed by atoms with Gasteiger partial charge in [0.05, 0.1) is 0 Å². The van der Waals surface area contributed by atoms with Crippen molar-refractivity contribution in [2.24, 2.45) is 0 Å². The monoisotopic (exact) mass is 226 g/mol. The van der Waals surface area contributed by atoms with Crippen molar-refractivity contribution in [3.63, 3.8) is 0 Å². The van der Waals surface area contributed by atoms with Gasteiger partial charge in [-0.25, -0.2) is 9.78 Å². The Hall–Kier alpha value is -1.69. The molecule has 2 N–H and O–H groups in total. The molecule has 6 nitrogen and oxygen atoms in total. The van der Waals surface area contributed by atoms with Gasteiger partial charge in [0.15, 0.2) is 5.69 Å². The number of rotatable bonds is 5. The SMILES string of the molecule is CCOC(CC)c1nc(C(=O)O)cc(=O)[nH]1. The smallest absolute Gasteiger partial charge is 0.354 e. The number of hydrogen-bond acceptors (Lipinski definition) is 4. The zero-order chi connectivity index (χ0) is 12.1. The minimum atomic E-state index is -1.22. The lowest BCUT2D eigenvalue weighted by Crippen LogP contribution is -2.19. The van der Waals surface area contributed by atoms with Crippen LogP contribution in [0.2, 0.25) is 0 Å². The molecule has 1 atom stereocenters. The molecular formula is C10H14N2O4. The predicted molar refractivity (Wildman–Crippen MR) is 56.5 cm³/mol. The fraction of sp³-hybridized carbons (Fsp3) is 0.500. The molecule has 0 fully saturated rings. The number of carboxylic acids is 1. The van der Waals surface area contributed by atoms with E-state index < -0.39 is 11.5 Å². The van der Waals surface area contributed by atoms with E-state index in [1.165, 1.54) is 0 Å². The second-order valence-electron chi connectivity index (χ2n) is 3.17. The van der Waals surface area contributed by atoms with Crippen LogP contribution in [0.4, 0.5) is 0 Å². The summed E-state index contributed by atoms with van der Waals surface area (Å²) in [6.07, 6.45) is 0.233. The first kappa shape index (κ1) is 12.4. The third-order valence-electron chi connectivity index (χ3n) is 2.02. The van der Waals surface area contributed by atoms with Crippen LogP contribution in [0, 0.1) is 0 Å². The molecule has 88 valence electrons. The molecule has 1 aromatic heterocycles. The lowest BCUT2D eigenvalue weighted by atomic mass is 10.2. The maximum absolute atomic E-state index is 11.2. The number of aromatic amines is 1. The first-order valence-electron chi connectivity index (χ1n) is 5.04. The Morgan fingerprint density at radius 3 is 2.81 bits per heavy atom. The van der Waals surface area contributed by atoms with Gasteiger partial charge in [0.2, 0.25) is 0 Å². The van der Waals surface area contributed by atoms with Crippen LogP contribution in [-0.2, 0) is 4.74 Å². The molecule has 0 aliphatic heterocycles. The summed E-state index contributed by atoms with van der Waals surface area (Å²) < 4.78 is 5.34. The third kappa shape index (κ3) is 2.90. The maximum Gasteiger partial charge on any atom is 0.354 e. The van der Waals surface area contributed by atoms with E-state index in [2.05, 4.69) is 9.97 Å². The summed E-state index contributed by atoms with van der Waals surface area (Å²) in [7, 11) is 0. The molecule has 0 aliphatic carbocycles. The largest absolute Gasteiger partial charge is 0.477 e. The van der Waals surface area contributed by atoms with Crippen molar-refractivity contribution in [3.8, 4) is 0 Å². The van der Waals surface area contributed by atoms with E-state index in [0.29, 0.717) is 13.0 Å². The average molecular weight is 226 g/mol. The maximum atomic E-state index is 11.2. The van der Waals surface area contributed by atoms with Crippen LogP contribution in [0.5, 0.6) is 0 Å². The van der Waals surface area contributed by atoms with Gasteiger partial charge in [0, 0.05) is 12.7 Å². The zero-order valence-corrected chi connectivity index (χ0v) is 9.19. The molecule has 0 saturated carbocycles. The van der Waals surface area contributed by atoms with E-state index in [1.807, 2.05) is 13.8 Å². The second kappa shape index (κ2) is 5.41. The van der Waals surface area contributed by atoms with Gasteiger partial charge >= 0.3 is 5.97 Å². The number of hydrogen-bond donors (Lipinski definition) is 2. The molecule has 1 heterocycles. The van der Waals surface area contributed by atoms with Gasteiger partial charge in [-0.3, -0.25) is 4.79 Å². The van der Waals surface area contributed by atoms with Gasteiger partial charge in [-0.15, -0.1) is 0 Å². The number of nitrogens with zero attached hydrogens (tertiary/aromatic N) is 1. The van der Waals surface area contributed by atoms with Gasteiger partial charge in [-0.05, 0) is 13.3 Å². The van der Waals surface area contributed by atoms with Crippen molar-refractivity contribution in [2.45, 2.75) is 26.4 Å². The fourth-order valence-corrected chi connectivity index (χ4v) is 1.33. The summed E-state index contributed by atoms with van der Waals surface area (Å²) in [4.78, 5) is 28.3. The highest BCUT2D eigenvalue weighted by atomic mass is 16.5. The predicted octanol–water partition coefficient (Wildman–Crippen LogP) is 0.956. The van der Waals surface area contributed by atoms with Crippen LogP contribution in [-0.4, -0.2) is 27.7 Å². The molecule has 0 bridgehead atoms. The quantitative estimate of drug-likeness (QED) is 0.780. The number of aromatic nitrogens is 2. The van der Waals surface area contributed by atoms with E-state index in [-0.39, 0.29) is 17.6 Å². The fourth-order valence-electron chi connectivity index (χ4n) is 1.33. The van der Waals surface area contributed by atoms with Gasteiger partial charge in [-0.1, -0.05) is 6.92 Å². The van der Waals surface area contributed by atoms with E-state index in [4.69, 9.17) is 9.84 Å². The van der Waals surface area contributed by atoms with E-state index in [9.17, 15) is 9.59 Å². The van der Waals surface area contributed by atoms with Crippen LogP contribution in [0.1, 0.15) is 42.7 Å². The molecule has 0 aliphatic rings. The summed E-state index contributed by atoms with van der Waals surface area (Å²) in [6.45, 7) is 4.16. The van der Waals surface area contributed by atoms with Crippen LogP contribution in [0.25, 0.3) is 0 Å². The summed E-state index contributed by atoms with van der Waals surface area (Å²) in [5.41, 5.74) is -0.752. The van der Waals surface area contributed by atoms with Crippen LogP contribution in [0.3, 0.4) is 0 Å². The van der Waals surface area contributed by atoms with Crippen molar-refractivity contribution < 1.29 is 14.6 Å². The average Bonchev–Trinajstić information content (AvgIpc) is 2.24. The molecule has 16 heavy (non-hydrogen) atoms. The Bertz CT molecular complexity index is 427. The second-order valence-corrected chi connectivity index (χ2v) is 3.17. The van der Waals surface area contributed by atoms with Crippen LogP contribution < -0.4 is 5.56 Å². The summed E-state index contributed by atoms with van der Waals surface area (Å²) in [6, 6.07) is 0.949. The molecule has 1 rings (SSSR count). The van der Waals surface area contributed by atoms with Crippen LogP contribution in [0.15, 0.2) is 10.9 Å². The number of aromatic carboxylic acids is 1. The van der Waals surface area contributed by atoms with E-state index >= 15 is 0 Å². The minimum absolute atomic E-state index is 0.259. The lowest BCUT2D eigenvalue weighted by Gasteiger charge is -2.13. The third-order valence-corrected chi connectivity index (χ3v) is 2.02. The normalized spacial score (nSPS) is 12.4. The minimum Gasteiger partial charge on any atom is -0.477 e. The van der Waals surface area contributed by atoms with Gasteiger partial charge in [0.1, 0.15) is 11.9 Å². The first-order valence-corrected chi connectivity index (χ1v) is 5.04. The Balaban J connectivity index is 3.12.